The van der Waals surface area contributed by atoms with E-state index >= 15 is 0 Å². The van der Waals surface area contributed by atoms with Crippen LogP contribution in [0.3, 0.4) is 0 Å². The zero-order valence-electron chi connectivity index (χ0n) is 11.0. The Morgan fingerprint density at radius 2 is 2.00 bits per heavy atom. The first-order chi connectivity index (χ1) is 9.56. The summed E-state index contributed by atoms with van der Waals surface area (Å²) in [6.45, 7) is 1.70. The number of aromatic nitrogens is 4. The number of nitrogens with two attached hydrogens (primary N) is 1. The van der Waals surface area contributed by atoms with Crippen molar-refractivity contribution in [2.75, 3.05) is 12.3 Å². The standard InChI is InChI=1S/C12H17N5O3/c1-5-6(2-18)9(19)10(20)8(5)17-4-16-7-11(13)14-3-15-12(7)17/h3-6,8-10,18-20H,2H2,1H3,(H2,13,14,15)/t5?,6-,8+,9+,10-/m0/s1. The van der Waals surface area contributed by atoms with Gasteiger partial charge in [0.05, 0.1) is 18.5 Å². The van der Waals surface area contributed by atoms with Gasteiger partial charge in [0.25, 0.3) is 0 Å². The van der Waals surface area contributed by atoms with E-state index in [9.17, 15) is 15.3 Å². The van der Waals surface area contributed by atoms with Gasteiger partial charge in [-0.2, -0.15) is 0 Å². The fourth-order valence-electron chi connectivity index (χ4n) is 3.11. The Morgan fingerprint density at radius 1 is 1.25 bits per heavy atom. The molecule has 8 nitrogen and oxygen atoms in total. The molecule has 2 heterocycles. The molecule has 20 heavy (non-hydrogen) atoms. The normalized spacial score (nSPS) is 33.9. The number of anilines is 1. The summed E-state index contributed by atoms with van der Waals surface area (Å²) in [7, 11) is 0. The average molecular weight is 279 g/mol. The van der Waals surface area contributed by atoms with Gasteiger partial charge in [0.15, 0.2) is 11.5 Å². The summed E-state index contributed by atoms with van der Waals surface area (Å²) < 4.78 is 1.70. The third-order valence-electron chi connectivity index (χ3n) is 4.27. The van der Waals surface area contributed by atoms with Crippen molar-refractivity contribution in [1.29, 1.82) is 0 Å². The average Bonchev–Trinajstić information content (AvgIpc) is 2.92. The monoisotopic (exact) mass is 279 g/mol. The lowest BCUT2D eigenvalue weighted by Crippen LogP contribution is -2.30. The van der Waals surface area contributed by atoms with E-state index in [1.807, 2.05) is 6.92 Å². The molecular weight excluding hydrogens is 262 g/mol. The second kappa shape index (κ2) is 4.65. The highest BCUT2D eigenvalue weighted by Crippen LogP contribution is 2.41. The zero-order chi connectivity index (χ0) is 14.4. The molecule has 1 unspecified atom stereocenters. The maximum atomic E-state index is 10.2. The summed E-state index contributed by atoms with van der Waals surface area (Å²) in [5.41, 5.74) is 6.72. The lowest BCUT2D eigenvalue weighted by Gasteiger charge is -2.22. The molecule has 0 saturated heterocycles. The Bertz CT molecular complexity index is 631. The largest absolute Gasteiger partial charge is 0.396 e. The van der Waals surface area contributed by atoms with Crippen molar-refractivity contribution >= 4 is 17.0 Å². The minimum atomic E-state index is -0.990. The van der Waals surface area contributed by atoms with E-state index in [1.54, 1.807) is 4.57 Å². The number of nitrogens with zero attached hydrogens (tertiary/aromatic N) is 4. The van der Waals surface area contributed by atoms with Gasteiger partial charge in [0.1, 0.15) is 17.9 Å². The molecule has 0 amide bonds. The summed E-state index contributed by atoms with van der Waals surface area (Å²) in [6, 6.07) is -0.415. The van der Waals surface area contributed by atoms with Gasteiger partial charge in [-0.1, -0.05) is 6.92 Å². The van der Waals surface area contributed by atoms with E-state index in [-0.39, 0.29) is 24.3 Å². The van der Waals surface area contributed by atoms with Gasteiger partial charge in [-0.05, 0) is 5.92 Å². The molecule has 2 aromatic rings. The van der Waals surface area contributed by atoms with Crippen LogP contribution in [0.2, 0.25) is 0 Å². The molecule has 0 spiro atoms. The van der Waals surface area contributed by atoms with E-state index in [0.717, 1.165) is 0 Å². The third kappa shape index (κ3) is 1.69. The number of fused-ring (bicyclic) bond motifs is 1. The SMILES string of the molecule is CC1[C@@H](n2cnc3c(N)ncnc32)[C@H](O)[C@H](O)[C@H]1CO. The molecule has 0 aliphatic heterocycles. The lowest BCUT2D eigenvalue weighted by atomic mass is 9.95. The Balaban J connectivity index is 2.09. The Kier molecular flexibility index (Phi) is 3.08. The zero-order valence-corrected chi connectivity index (χ0v) is 11.0. The molecule has 8 heteroatoms. The van der Waals surface area contributed by atoms with E-state index < -0.39 is 18.2 Å². The molecule has 0 aromatic carbocycles. The number of aliphatic hydroxyl groups is 3. The van der Waals surface area contributed by atoms with E-state index in [0.29, 0.717) is 11.2 Å². The molecule has 3 rings (SSSR count). The first kappa shape index (κ1) is 13.2. The number of hydrogen-bond donors (Lipinski definition) is 4. The predicted molar refractivity (Wildman–Crippen MR) is 70.5 cm³/mol. The highest BCUT2D eigenvalue weighted by Gasteiger charge is 2.48. The molecule has 5 N–H and O–H groups in total. The summed E-state index contributed by atoms with van der Waals surface area (Å²) in [5.74, 6) is -0.238. The van der Waals surface area contributed by atoms with Crippen LogP contribution in [0.1, 0.15) is 13.0 Å². The molecular formula is C12H17N5O3. The van der Waals surface area contributed by atoms with Crippen LogP contribution in [0.5, 0.6) is 0 Å². The van der Waals surface area contributed by atoms with Crippen LogP contribution in [0.15, 0.2) is 12.7 Å². The lowest BCUT2D eigenvalue weighted by molar-refractivity contribution is -0.00435. The third-order valence-corrected chi connectivity index (χ3v) is 4.27. The molecule has 5 atom stereocenters. The highest BCUT2D eigenvalue weighted by molar-refractivity contribution is 5.81. The number of aliphatic hydroxyl groups excluding tert-OH is 3. The summed E-state index contributed by atoms with van der Waals surface area (Å²) in [6.07, 6.45) is 0.904. The predicted octanol–water partition coefficient (Wildman–Crippen LogP) is -1.07. The Labute approximate surface area is 114 Å². The van der Waals surface area contributed by atoms with Gasteiger partial charge < -0.3 is 25.6 Å². The van der Waals surface area contributed by atoms with Crippen LogP contribution >= 0.6 is 0 Å². The molecule has 1 aliphatic rings. The molecule has 1 fully saturated rings. The number of rotatable bonds is 2. The second-order valence-corrected chi connectivity index (χ2v) is 5.26. The number of hydrogen-bond acceptors (Lipinski definition) is 7. The molecule has 1 aliphatic carbocycles. The van der Waals surface area contributed by atoms with Crippen LogP contribution in [0, 0.1) is 11.8 Å². The van der Waals surface area contributed by atoms with Crippen molar-refractivity contribution in [3.8, 4) is 0 Å². The van der Waals surface area contributed by atoms with Gasteiger partial charge in [-0.15, -0.1) is 0 Å². The quantitative estimate of drug-likeness (QED) is 0.550. The van der Waals surface area contributed by atoms with Crippen LogP contribution < -0.4 is 5.73 Å². The van der Waals surface area contributed by atoms with Gasteiger partial charge in [0.2, 0.25) is 0 Å². The van der Waals surface area contributed by atoms with Crippen LogP contribution in [-0.4, -0.2) is 53.7 Å². The maximum absolute atomic E-state index is 10.2. The first-order valence-corrected chi connectivity index (χ1v) is 6.46. The Morgan fingerprint density at radius 3 is 2.65 bits per heavy atom. The molecule has 0 bridgehead atoms. The first-order valence-electron chi connectivity index (χ1n) is 6.46. The molecule has 1 saturated carbocycles. The van der Waals surface area contributed by atoms with E-state index in [2.05, 4.69) is 15.0 Å². The van der Waals surface area contributed by atoms with Crippen molar-refractivity contribution in [3.05, 3.63) is 12.7 Å². The fourth-order valence-corrected chi connectivity index (χ4v) is 3.11. The fraction of sp³-hybridized carbons (Fsp3) is 0.583. The van der Waals surface area contributed by atoms with Crippen molar-refractivity contribution in [2.45, 2.75) is 25.2 Å². The smallest absolute Gasteiger partial charge is 0.165 e. The number of imidazole rings is 1. The minimum absolute atomic E-state index is 0.126. The van der Waals surface area contributed by atoms with E-state index in [4.69, 9.17) is 5.73 Å². The van der Waals surface area contributed by atoms with Crippen molar-refractivity contribution in [3.63, 3.8) is 0 Å². The van der Waals surface area contributed by atoms with Gasteiger partial charge in [0, 0.05) is 12.5 Å². The molecule has 0 radical (unpaired) electrons. The van der Waals surface area contributed by atoms with Gasteiger partial charge >= 0.3 is 0 Å². The van der Waals surface area contributed by atoms with Crippen molar-refractivity contribution in [2.24, 2.45) is 11.8 Å². The number of nitrogen functional groups attached to an aromatic ring is 1. The Hall–Kier alpha value is -1.77. The van der Waals surface area contributed by atoms with Crippen LogP contribution in [-0.2, 0) is 0 Å². The summed E-state index contributed by atoms with van der Waals surface area (Å²) in [5, 5.41) is 29.6. The topological polar surface area (TPSA) is 130 Å². The van der Waals surface area contributed by atoms with Gasteiger partial charge in [-0.3, -0.25) is 0 Å². The van der Waals surface area contributed by atoms with E-state index in [1.165, 1.54) is 12.7 Å². The summed E-state index contributed by atoms with van der Waals surface area (Å²) >= 11 is 0. The maximum Gasteiger partial charge on any atom is 0.165 e. The highest BCUT2D eigenvalue weighted by atomic mass is 16.3. The van der Waals surface area contributed by atoms with Gasteiger partial charge in [-0.25, -0.2) is 15.0 Å². The summed E-state index contributed by atoms with van der Waals surface area (Å²) in [4.78, 5) is 12.2. The molecule has 108 valence electrons. The second-order valence-electron chi connectivity index (χ2n) is 5.26. The van der Waals surface area contributed by atoms with Crippen LogP contribution in [0.4, 0.5) is 5.82 Å². The van der Waals surface area contributed by atoms with Crippen molar-refractivity contribution < 1.29 is 15.3 Å². The minimum Gasteiger partial charge on any atom is -0.396 e. The van der Waals surface area contributed by atoms with Crippen molar-refractivity contribution in [1.82, 2.24) is 19.5 Å². The van der Waals surface area contributed by atoms with Crippen LogP contribution in [0.25, 0.3) is 11.2 Å². The molecule has 2 aromatic heterocycles.